The summed E-state index contributed by atoms with van der Waals surface area (Å²) in [6.07, 6.45) is 5.84. The van der Waals surface area contributed by atoms with Crippen molar-refractivity contribution in [2.45, 2.75) is 56.1 Å². The number of benzene rings is 2. The number of ether oxygens (including phenoxy) is 1. The van der Waals surface area contributed by atoms with Gasteiger partial charge >= 0.3 is 0 Å². The lowest BCUT2D eigenvalue weighted by atomic mass is 9.83. The molecule has 5 rings (SSSR count). The molecule has 0 spiro atoms. The average Bonchev–Trinajstić information content (AvgIpc) is 2.65. The number of amides is 1. The summed E-state index contributed by atoms with van der Waals surface area (Å²) in [5.74, 6) is 1.37. The van der Waals surface area contributed by atoms with Crippen LogP contribution in [0.15, 0.2) is 48.5 Å². The second-order valence-corrected chi connectivity index (χ2v) is 7.78. The van der Waals surface area contributed by atoms with Crippen molar-refractivity contribution in [3.05, 3.63) is 59.7 Å². The van der Waals surface area contributed by atoms with Crippen LogP contribution in [0.25, 0.3) is 0 Å². The number of halogens is 1. The van der Waals surface area contributed by atoms with Crippen LogP contribution in [0.4, 0.5) is 0 Å². The Morgan fingerprint density at radius 1 is 0.926 bits per heavy atom. The van der Waals surface area contributed by atoms with Crippen molar-refractivity contribution >= 4 is 18.3 Å². The van der Waals surface area contributed by atoms with Gasteiger partial charge in [0.15, 0.2) is 0 Å². The van der Waals surface area contributed by atoms with Gasteiger partial charge in [0.05, 0.1) is 5.92 Å². The van der Waals surface area contributed by atoms with Crippen LogP contribution in [0.2, 0.25) is 0 Å². The zero-order chi connectivity index (χ0) is 17.5. The predicted molar refractivity (Wildman–Crippen MR) is 108 cm³/mol. The number of fused-ring (bicyclic) bond motifs is 4. The van der Waals surface area contributed by atoms with E-state index in [1.54, 1.807) is 0 Å². The van der Waals surface area contributed by atoms with Crippen molar-refractivity contribution in [1.82, 2.24) is 10.6 Å². The standard InChI is InChI=1S/C22H24N2O2.ClH/c25-22(24-16-12-14-6-5-7-15(13-16)23-14)21-17-8-1-3-10-19(17)26-20-11-4-2-9-18(20)21;/h1-4,8-11,14-16,21,23H,5-7,12-13H2,(H,24,25);1H. The third kappa shape index (κ3) is 3.44. The van der Waals surface area contributed by atoms with Crippen molar-refractivity contribution in [2.24, 2.45) is 0 Å². The number of carbonyl (C=O) groups excluding carboxylic acids is 1. The van der Waals surface area contributed by atoms with Crippen molar-refractivity contribution in [3.8, 4) is 11.5 Å². The minimum atomic E-state index is -0.300. The van der Waals surface area contributed by atoms with Gasteiger partial charge in [0, 0.05) is 29.3 Å². The Morgan fingerprint density at radius 3 is 2.07 bits per heavy atom. The van der Waals surface area contributed by atoms with Gasteiger partial charge in [0.25, 0.3) is 0 Å². The quantitative estimate of drug-likeness (QED) is 0.818. The van der Waals surface area contributed by atoms with Gasteiger partial charge < -0.3 is 15.4 Å². The molecule has 142 valence electrons. The molecule has 3 heterocycles. The molecule has 2 unspecified atom stereocenters. The second-order valence-electron chi connectivity index (χ2n) is 7.78. The molecule has 2 N–H and O–H groups in total. The zero-order valence-electron chi connectivity index (χ0n) is 15.2. The molecule has 2 bridgehead atoms. The third-order valence-electron chi connectivity index (χ3n) is 6.00. The first-order chi connectivity index (χ1) is 12.8. The molecule has 1 amide bonds. The molecule has 3 aliphatic rings. The molecule has 2 atom stereocenters. The highest BCUT2D eigenvalue weighted by Crippen LogP contribution is 2.44. The van der Waals surface area contributed by atoms with Gasteiger partial charge in [-0.2, -0.15) is 0 Å². The van der Waals surface area contributed by atoms with Crippen molar-refractivity contribution in [2.75, 3.05) is 0 Å². The van der Waals surface area contributed by atoms with Crippen LogP contribution in [0, 0.1) is 0 Å². The van der Waals surface area contributed by atoms with E-state index in [4.69, 9.17) is 4.74 Å². The number of rotatable bonds is 2. The molecule has 3 aliphatic heterocycles. The number of nitrogens with one attached hydrogen (secondary N) is 2. The number of hydrogen-bond acceptors (Lipinski definition) is 3. The van der Waals surface area contributed by atoms with Gasteiger partial charge in [0.2, 0.25) is 5.91 Å². The first kappa shape index (κ1) is 18.3. The van der Waals surface area contributed by atoms with Gasteiger partial charge in [0.1, 0.15) is 11.5 Å². The Hall–Kier alpha value is -2.04. The fourth-order valence-corrected chi connectivity index (χ4v) is 4.86. The maximum Gasteiger partial charge on any atom is 0.232 e. The van der Waals surface area contributed by atoms with Crippen LogP contribution in [-0.2, 0) is 4.79 Å². The second kappa shape index (κ2) is 7.53. The van der Waals surface area contributed by atoms with Gasteiger partial charge in [-0.3, -0.25) is 4.79 Å². The van der Waals surface area contributed by atoms with Gasteiger partial charge in [-0.1, -0.05) is 42.8 Å². The lowest BCUT2D eigenvalue weighted by molar-refractivity contribution is -0.122. The summed E-state index contributed by atoms with van der Waals surface area (Å²) in [5.41, 5.74) is 1.91. The molecular weight excluding hydrogens is 360 g/mol. The first-order valence-electron chi connectivity index (χ1n) is 9.70. The summed E-state index contributed by atoms with van der Waals surface area (Å²) in [5, 5.41) is 7.06. The predicted octanol–water partition coefficient (Wildman–Crippen LogP) is 4.14. The first-order valence-corrected chi connectivity index (χ1v) is 9.70. The van der Waals surface area contributed by atoms with Crippen molar-refractivity contribution in [1.29, 1.82) is 0 Å². The summed E-state index contributed by atoms with van der Waals surface area (Å²) in [4.78, 5) is 13.3. The van der Waals surface area contributed by atoms with E-state index in [2.05, 4.69) is 10.6 Å². The summed E-state index contributed by atoms with van der Waals surface area (Å²) >= 11 is 0. The number of piperidine rings is 2. The van der Waals surface area contributed by atoms with E-state index in [1.807, 2.05) is 48.5 Å². The Kier molecular flexibility index (Phi) is 5.11. The van der Waals surface area contributed by atoms with Gasteiger partial charge in [-0.25, -0.2) is 0 Å². The number of hydrogen-bond donors (Lipinski definition) is 2. The Morgan fingerprint density at radius 2 is 1.48 bits per heavy atom. The largest absolute Gasteiger partial charge is 0.457 e. The molecule has 27 heavy (non-hydrogen) atoms. The van der Waals surface area contributed by atoms with E-state index in [0.29, 0.717) is 12.1 Å². The minimum Gasteiger partial charge on any atom is -0.457 e. The third-order valence-corrected chi connectivity index (χ3v) is 6.00. The summed E-state index contributed by atoms with van der Waals surface area (Å²) in [6, 6.07) is 17.1. The van der Waals surface area contributed by atoms with Crippen LogP contribution < -0.4 is 15.4 Å². The number of para-hydroxylation sites is 2. The van der Waals surface area contributed by atoms with Crippen LogP contribution in [-0.4, -0.2) is 24.0 Å². The molecule has 0 aromatic heterocycles. The van der Waals surface area contributed by atoms with Crippen LogP contribution in [0.1, 0.15) is 49.1 Å². The Bertz CT molecular complexity index is 783. The fraction of sp³-hybridized carbons (Fsp3) is 0.409. The van der Waals surface area contributed by atoms with Gasteiger partial charge in [-0.15, -0.1) is 12.4 Å². The molecular formula is C22H25ClN2O2. The zero-order valence-corrected chi connectivity index (χ0v) is 16.0. The molecule has 0 saturated carbocycles. The van der Waals surface area contributed by atoms with E-state index in [0.717, 1.165) is 35.5 Å². The van der Waals surface area contributed by atoms with Crippen molar-refractivity contribution in [3.63, 3.8) is 0 Å². The normalized spacial score (nSPS) is 26.0. The maximum absolute atomic E-state index is 13.3. The lowest BCUT2D eigenvalue weighted by Crippen LogP contribution is -2.55. The SMILES string of the molecule is Cl.O=C(NC1CC2CCCC(C1)N2)C1c2ccccc2Oc2ccccc21. The highest BCUT2D eigenvalue weighted by Gasteiger charge is 2.36. The van der Waals surface area contributed by atoms with Gasteiger partial charge in [-0.05, 0) is 37.8 Å². The highest BCUT2D eigenvalue weighted by molar-refractivity contribution is 5.89. The molecule has 2 aromatic carbocycles. The molecule has 2 aromatic rings. The number of carbonyl (C=O) groups is 1. The molecule has 4 nitrogen and oxygen atoms in total. The Labute approximate surface area is 166 Å². The molecule has 5 heteroatoms. The minimum absolute atomic E-state index is 0. The molecule has 0 radical (unpaired) electrons. The molecule has 2 fully saturated rings. The van der Waals surface area contributed by atoms with E-state index in [-0.39, 0.29) is 30.3 Å². The highest BCUT2D eigenvalue weighted by atomic mass is 35.5. The summed E-state index contributed by atoms with van der Waals surface area (Å²) < 4.78 is 6.02. The van der Waals surface area contributed by atoms with E-state index in [1.165, 1.54) is 19.3 Å². The fourth-order valence-electron chi connectivity index (χ4n) is 4.86. The maximum atomic E-state index is 13.3. The summed E-state index contributed by atoms with van der Waals surface area (Å²) in [6.45, 7) is 0. The van der Waals surface area contributed by atoms with Crippen LogP contribution in [0.5, 0.6) is 11.5 Å². The average molecular weight is 385 g/mol. The van der Waals surface area contributed by atoms with Crippen molar-refractivity contribution < 1.29 is 9.53 Å². The molecule has 2 saturated heterocycles. The Balaban J connectivity index is 0.00000180. The van der Waals surface area contributed by atoms with Crippen LogP contribution in [0.3, 0.4) is 0 Å². The topological polar surface area (TPSA) is 50.4 Å². The van der Waals surface area contributed by atoms with E-state index >= 15 is 0 Å². The lowest BCUT2D eigenvalue weighted by Gasteiger charge is -2.41. The monoisotopic (exact) mass is 384 g/mol. The molecule has 0 aliphatic carbocycles. The summed E-state index contributed by atoms with van der Waals surface area (Å²) in [7, 11) is 0. The van der Waals surface area contributed by atoms with E-state index in [9.17, 15) is 4.79 Å². The van der Waals surface area contributed by atoms with Crippen LogP contribution >= 0.6 is 12.4 Å². The van der Waals surface area contributed by atoms with E-state index < -0.39 is 0 Å². The smallest absolute Gasteiger partial charge is 0.232 e.